The lowest BCUT2D eigenvalue weighted by molar-refractivity contribution is -0.255. The fourth-order valence-electron chi connectivity index (χ4n) is 2.26. The maximum atomic E-state index is 13.3. The molecule has 0 atom stereocenters. The number of carboxylic acids is 1. The molecule has 0 saturated heterocycles. The van der Waals surface area contributed by atoms with Crippen LogP contribution in [-0.4, -0.2) is 27.2 Å². The maximum absolute atomic E-state index is 13.3. The highest BCUT2D eigenvalue weighted by Gasteiger charge is 2.35. The van der Waals surface area contributed by atoms with Gasteiger partial charge < -0.3 is 14.6 Å². The number of carboxylic acid groups (broad SMARTS) is 1. The van der Waals surface area contributed by atoms with Gasteiger partial charge in [0, 0.05) is 11.6 Å². The number of aromatic carboxylic acids is 1. The lowest BCUT2D eigenvalue weighted by Gasteiger charge is -2.11. The molecule has 0 spiro atoms. The van der Waals surface area contributed by atoms with E-state index in [0.717, 1.165) is 12.1 Å². The number of rotatable bonds is 4. The molecule has 0 amide bonds. The molecular formula is C15H7F5N3O3-. The predicted molar refractivity (Wildman–Crippen MR) is 74.4 cm³/mol. The molecule has 0 aliphatic rings. The van der Waals surface area contributed by atoms with E-state index >= 15 is 0 Å². The van der Waals surface area contributed by atoms with Crippen molar-refractivity contribution in [1.29, 1.82) is 0 Å². The van der Waals surface area contributed by atoms with Crippen molar-refractivity contribution in [2.24, 2.45) is 0 Å². The van der Waals surface area contributed by atoms with E-state index in [0.29, 0.717) is 10.6 Å². The van der Waals surface area contributed by atoms with Gasteiger partial charge in [0.05, 0.1) is 11.7 Å². The minimum atomic E-state index is -4.87. The number of nitrogens with zero attached hydrogens (tertiary/aromatic N) is 3. The van der Waals surface area contributed by atoms with Crippen LogP contribution in [0.15, 0.2) is 36.4 Å². The second kappa shape index (κ2) is 6.24. The molecule has 3 aromatic rings. The van der Waals surface area contributed by atoms with E-state index in [4.69, 9.17) is 0 Å². The van der Waals surface area contributed by atoms with E-state index in [1.54, 1.807) is 0 Å². The zero-order valence-corrected chi connectivity index (χ0v) is 12.5. The number of fused-ring (bicyclic) bond motifs is 1. The first-order valence-electron chi connectivity index (χ1n) is 6.90. The molecular weight excluding hydrogens is 365 g/mol. The van der Waals surface area contributed by atoms with Crippen molar-refractivity contribution in [2.75, 3.05) is 0 Å². The monoisotopic (exact) mass is 372 g/mol. The van der Waals surface area contributed by atoms with Crippen LogP contribution >= 0.6 is 0 Å². The van der Waals surface area contributed by atoms with Crippen LogP contribution in [0.2, 0.25) is 0 Å². The van der Waals surface area contributed by atoms with Crippen molar-refractivity contribution >= 4 is 11.6 Å². The van der Waals surface area contributed by atoms with Gasteiger partial charge in [0.15, 0.2) is 11.3 Å². The maximum Gasteiger partial charge on any atom is 0.433 e. The van der Waals surface area contributed by atoms with E-state index in [2.05, 4.69) is 14.8 Å². The highest BCUT2D eigenvalue weighted by atomic mass is 19.4. The standard InChI is InChI=1S/C15H8F5N3O3/c16-14(17)26-8-3-1-2-7(4-8)9-5-11(15(18,19)20)23-12(21-9)6-10(22-23)13(24)25/h1-6,14H,(H,24,25)/p-1. The molecule has 0 aliphatic carbocycles. The molecule has 0 saturated carbocycles. The Hall–Kier alpha value is -3.24. The van der Waals surface area contributed by atoms with Crippen LogP contribution in [0, 0.1) is 0 Å². The Morgan fingerprint density at radius 3 is 2.54 bits per heavy atom. The molecule has 0 bridgehead atoms. The second-order valence-electron chi connectivity index (χ2n) is 5.02. The molecule has 0 unspecified atom stereocenters. The highest BCUT2D eigenvalue weighted by Crippen LogP contribution is 2.33. The summed E-state index contributed by atoms with van der Waals surface area (Å²) >= 11 is 0. The summed E-state index contributed by atoms with van der Waals surface area (Å²) in [5, 5.41) is 14.2. The molecule has 2 aromatic heterocycles. The van der Waals surface area contributed by atoms with Crippen molar-refractivity contribution in [1.82, 2.24) is 14.6 Å². The normalized spacial score (nSPS) is 11.9. The predicted octanol–water partition coefficient (Wildman–Crippen LogP) is 2.38. The largest absolute Gasteiger partial charge is 0.543 e. The van der Waals surface area contributed by atoms with Crippen LogP contribution in [0.1, 0.15) is 16.2 Å². The van der Waals surface area contributed by atoms with E-state index in [9.17, 15) is 31.9 Å². The van der Waals surface area contributed by atoms with Crippen LogP contribution in [-0.2, 0) is 6.18 Å². The van der Waals surface area contributed by atoms with Gasteiger partial charge >= 0.3 is 12.8 Å². The number of aromatic nitrogens is 3. The minimum Gasteiger partial charge on any atom is -0.543 e. The Morgan fingerprint density at radius 1 is 1.19 bits per heavy atom. The molecule has 2 heterocycles. The Labute approximate surface area is 141 Å². The minimum absolute atomic E-state index is 0.0624. The summed E-state index contributed by atoms with van der Waals surface area (Å²) in [5.41, 5.74) is -2.57. The first kappa shape index (κ1) is 17.6. The Balaban J connectivity index is 2.19. The summed E-state index contributed by atoms with van der Waals surface area (Å²) in [6, 6.07) is 6.36. The number of carbonyl (C=O) groups is 1. The molecule has 0 fully saturated rings. The highest BCUT2D eigenvalue weighted by molar-refractivity contribution is 5.85. The van der Waals surface area contributed by atoms with Crippen LogP contribution in [0.4, 0.5) is 22.0 Å². The van der Waals surface area contributed by atoms with Gasteiger partial charge in [-0.1, -0.05) is 12.1 Å². The van der Waals surface area contributed by atoms with Crippen LogP contribution in [0.3, 0.4) is 0 Å². The number of hydrogen-bond donors (Lipinski definition) is 0. The van der Waals surface area contributed by atoms with Gasteiger partial charge in [-0.3, -0.25) is 0 Å². The van der Waals surface area contributed by atoms with Gasteiger partial charge in [0.25, 0.3) is 0 Å². The first-order valence-corrected chi connectivity index (χ1v) is 6.90. The Kier molecular flexibility index (Phi) is 4.22. The van der Waals surface area contributed by atoms with Gasteiger partial charge in [-0.15, -0.1) is 0 Å². The van der Waals surface area contributed by atoms with E-state index < -0.39 is 35.8 Å². The van der Waals surface area contributed by atoms with E-state index in [1.165, 1.54) is 18.2 Å². The molecule has 6 nitrogen and oxygen atoms in total. The molecule has 11 heteroatoms. The third kappa shape index (κ3) is 3.41. The summed E-state index contributed by atoms with van der Waals surface area (Å²) in [5.74, 6) is -2.03. The molecule has 3 rings (SSSR count). The number of hydrogen-bond acceptors (Lipinski definition) is 5. The van der Waals surface area contributed by atoms with Crippen molar-refractivity contribution < 1.29 is 36.6 Å². The number of alkyl halides is 5. The van der Waals surface area contributed by atoms with Crippen LogP contribution in [0.25, 0.3) is 16.9 Å². The lowest BCUT2D eigenvalue weighted by Crippen LogP contribution is -2.23. The Morgan fingerprint density at radius 2 is 1.92 bits per heavy atom. The quantitative estimate of drug-likeness (QED) is 0.657. The molecule has 136 valence electrons. The van der Waals surface area contributed by atoms with Gasteiger partial charge in [0.2, 0.25) is 0 Å². The molecule has 0 N–H and O–H groups in total. The van der Waals surface area contributed by atoms with Crippen molar-refractivity contribution in [3.63, 3.8) is 0 Å². The summed E-state index contributed by atoms with van der Waals surface area (Å²) in [7, 11) is 0. The van der Waals surface area contributed by atoms with Gasteiger partial charge in [-0.25, -0.2) is 9.50 Å². The smallest absolute Gasteiger partial charge is 0.433 e. The molecule has 0 aliphatic heterocycles. The molecule has 1 aromatic carbocycles. The first-order chi connectivity index (χ1) is 12.1. The molecule has 26 heavy (non-hydrogen) atoms. The fraction of sp³-hybridized carbons (Fsp3) is 0.133. The van der Waals surface area contributed by atoms with Crippen molar-refractivity contribution in [3.8, 4) is 17.0 Å². The van der Waals surface area contributed by atoms with Crippen LogP contribution in [0.5, 0.6) is 5.75 Å². The van der Waals surface area contributed by atoms with Crippen LogP contribution < -0.4 is 9.84 Å². The second-order valence-corrected chi connectivity index (χ2v) is 5.02. The lowest BCUT2D eigenvalue weighted by atomic mass is 10.1. The third-order valence-corrected chi connectivity index (χ3v) is 3.28. The fourth-order valence-corrected chi connectivity index (χ4v) is 2.26. The van der Waals surface area contributed by atoms with Crippen molar-refractivity contribution in [3.05, 3.63) is 47.8 Å². The van der Waals surface area contributed by atoms with E-state index in [1.807, 2.05) is 0 Å². The van der Waals surface area contributed by atoms with Gasteiger partial charge in [-0.05, 0) is 18.2 Å². The average Bonchev–Trinajstić information content (AvgIpc) is 2.96. The summed E-state index contributed by atoms with van der Waals surface area (Å²) in [6.45, 7) is -3.10. The number of carbonyl (C=O) groups excluding carboxylic acids is 1. The summed E-state index contributed by atoms with van der Waals surface area (Å²) in [6.07, 6.45) is -4.87. The number of ether oxygens (including phenoxy) is 1. The topological polar surface area (TPSA) is 79.5 Å². The SMILES string of the molecule is O=C([O-])c1cc2nc(-c3cccc(OC(F)F)c3)cc(C(F)(F)F)n2n1. The number of benzene rings is 1. The zero-order valence-electron chi connectivity index (χ0n) is 12.5. The molecule has 0 radical (unpaired) electrons. The summed E-state index contributed by atoms with van der Waals surface area (Å²) in [4.78, 5) is 14.8. The third-order valence-electron chi connectivity index (χ3n) is 3.28. The van der Waals surface area contributed by atoms with Crippen molar-refractivity contribution in [2.45, 2.75) is 12.8 Å². The van der Waals surface area contributed by atoms with Gasteiger partial charge in [-0.2, -0.15) is 27.1 Å². The van der Waals surface area contributed by atoms with E-state index in [-0.39, 0.29) is 17.0 Å². The Bertz CT molecular complexity index is 984. The zero-order chi connectivity index (χ0) is 19.1. The average molecular weight is 372 g/mol. The van der Waals surface area contributed by atoms with Gasteiger partial charge in [0.1, 0.15) is 11.4 Å². The number of halogens is 5. The summed E-state index contributed by atoms with van der Waals surface area (Å²) < 4.78 is 69.0.